The molecule has 0 saturated carbocycles. The summed E-state index contributed by atoms with van der Waals surface area (Å²) in [6, 6.07) is 7.14. The van der Waals surface area contributed by atoms with Gasteiger partial charge in [0.15, 0.2) is 6.61 Å². The van der Waals surface area contributed by atoms with Crippen LogP contribution in [0.5, 0.6) is 0 Å². The number of thiophene rings is 2. The number of rotatable bonds is 8. The molecular formula is C22H21N3O6S2. The number of ether oxygens (including phenoxy) is 2. The Morgan fingerprint density at radius 3 is 2.45 bits per heavy atom. The summed E-state index contributed by atoms with van der Waals surface area (Å²) in [6.45, 7) is 4.36. The molecule has 0 unspecified atom stereocenters. The highest BCUT2D eigenvalue weighted by Crippen LogP contribution is 2.33. The van der Waals surface area contributed by atoms with Crippen molar-refractivity contribution in [2.45, 2.75) is 20.8 Å². The lowest BCUT2D eigenvalue weighted by Gasteiger charge is -2.09. The molecule has 9 nitrogen and oxygen atoms in total. The molecular weight excluding hydrogens is 466 g/mol. The number of hydrogen-bond acceptors (Lipinski definition) is 9. The molecule has 0 radical (unpaired) electrons. The Morgan fingerprint density at radius 2 is 1.85 bits per heavy atom. The number of amides is 2. The summed E-state index contributed by atoms with van der Waals surface area (Å²) in [4.78, 5) is 54.3. The maximum Gasteiger partial charge on any atom is 0.341 e. The van der Waals surface area contributed by atoms with Crippen molar-refractivity contribution in [1.82, 2.24) is 4.98 Å². The molecule has 33 heavy (non-hydrogen) atoms. The Hall–Kier alpha value is -3.57. The minimum absolute atomic E-state index is 0.0412. The van der Waals surface area contributed by atoms with Crippen molar-refractivity contribution >= 4 is 51.4 Å². The molecule has 0 atom stereocenters. The second-order valence-electron chi connectivity index (χ2n) is 6.78. The normalized spacial score (nSPS) is 10.5. The Bertz CT molecular complexity index is 1220. The minimum atomic E-state index is -0.732. The summed E-state index contributed by atoms with van der Waals surface area (Å²) in [5.41, 5.74) is 7.14. The van der Waals surface area contributed by atoms with Crippen LogP contribution in [0.4, 0.5) is 5.00 Å². The van der Waals surface area contributed by atoms with Crippen molar-refractivity contribution in [3.8, 4) is 10.6 Å². The lowest BCUT2D eigenvalue weighted by molar-refractivity contribution is -0.119. The smallest absolute Gasteiger partial charge is 0.341 e. The standard InChI is InChI=1S/C22H21N3O6S2/c1-4-30-22(29)17-11(2)18(19(23)27)33-20(17)25-16(26)10-31-21(28)13-7-8-14(24-12(13)3)15-6-5-9-32-15/h5-9H,4,10H2,1-3H3,(H2,23,27)(H,25,26). The van der Waals surface area contributed by atoms with E-state index in [9.17, 15) is 19.2 Å². The number of anilines is 1. The largest absolute Gasteiger partial charge is 0.462 e. The van der Waals surface area contributed by atoms with Gasteiger partial charge in [-0.25, -0.2) is 9.59 Å². The molecule has 172 valence electrons. The van der Waals surface area contributed by atoms with Crippen LogP contribution in [0.3, 0.4) is 0 Å². The third kappa shape index (κ3) is 5.44. The highest BCUT2D eigenvalue weighted by atomic mass is 32.1. The molecule has 0 aliphatic carbocycles. The number of pyridine rings is 1. The molecule has 3 heterocycles. The van der Waals surface area contributed by atoms with Gasteiger partial charge in [-0.2, -0.15) is 0 Å². The van der Waals surface area contributed by atoms with E-state index in [0.717, 1.165) is 21.9 Å². The molecule has 2 amide bonds. The molecule has 3 aromatic heterocycles. The fourth-order valence-corrected chi connectivity index (χ4v) is 4.75. The third-order valence-corrected chi connectivity index (χ3v) is 6.63. The molecule has 0 aliphatic rings. The number of aromatic nitrogens is 1. The van der Waals surface area contributed by atoms with Crippen molar-refractivity contribution in [2.24, 2.45) is 5.73 Å². The first-order chi connectivity index (χ1) is 15.7. The average molecular weight is 488 g/mol. The van der Waals surface area contributed by atoms with E-state index < -0.39 is 30.4 Å². The van der Waals surface area contributed by atoms with Gasteiger partial charge in [0.1, 0.15) is 5.00 Å². The second-order valence-corrected chi connectivity index (χ2v) is 8.74. The highest BCUT2D eigenvalue weighted by molar-refractivity contribution is 7.18. The molecule has 0 aromatic carbocycles. The molecule has 0 bridgehead atoms. The van der Waals surface area contributed by atoms with Crippen LogP contribution >= 0.6 is 22.7 Å². The Kier molecular flexibility index (Phi) is 7.56. The first kappa shape index (κ1) is 24.1. The topological polar surface area (TPSA) is 138 Å². The monoisotopic (exact) mass is 487 g/mol. The Labute approximate surface area is 197 Å². The summed E-state index contributed by atoms with van der Waals surface area (Å²) < 4.78 is 10.1. The predicted octanol–water partition coefficient (Wildman–Crippen LogP) is 3.56. The fraction of sp³-hybridized carbons (Fsp3) is 0.227. The van der Waals surface area contributed by atoms with E-state index in [1.54, 1.807) is 26.0 Å². The van der Waals surface area contributed by atoms with Crippen molar-refractivity contribution < 1.29 is 28.7 Å². The Morgan fingerprint density at radius 1 is 1.09 bits per heavy atom. The zero-order valence-electron chi connectivity index (χ0n) is 18.1. The van der Waals surface area contributed by atoms with Gasteiger partial charge in [0.25, 0.3) is 11.8 Å². The van der Waals surface area contributed by atoms with Crippen LogP contribution in [-0.2, 0) is 14.3 Å². The summed E-state index contributed by atoms with van der Waals surface area (Å²) in [7, 11) is 0. The first-order valence-electron chi connectivity index (χ1n) is 9.81. The maximum atomic E-state index is 12.5. The number of nitrogens with zero attached hydrogens (tertiary/aromatic N) is 1. The van der Waals surface area contributed by atoms with E-state index in [0.29, 0.717) is 11.3 Å². The SMILES string of the molecule is CCOC(=O)c1c(NC(=O)COC(=O)c2ccc(-c3cccs3)nc2C)sc(C(N)=O)c1C. The van der Waals surface area contributed by atoms with Gasteiger partial charge < -0.3 is 20.5 Å². The number of carbonyl (C=O) groups excluding carboxylic acids is 4. The van der Waals surface area contributed by atoms with Crippen LogP contribution in [0.25, 0.3) is 10.6 Å². The number of aryl methyl sites for hydroxylation is 1. The predicted molar refractivity (Wildman–Crippen MR) is 125 cm³/mol. The van der Waals surface area contributed by atoms with E-state index in [1.807, 2.05) is 17.5 Å². The second kappa shape index (κ2) is 10.4. The molecule has 0 aliphatic heterocycles. The molecule has 3 N–H and O–H groups in total. The van der Waals surface area contributed by atoms with Gasteiger partial charge in [-0.05, 0) is 49.9 Å². The molecule has 3 rings (SSSR count). The minimum Gasteiger partial charge on any atom is -0.462 e. The number of esters is 2. The van der Waals surface area contributed by atoms with Gasteiger partial charge in [-0.3, -0.25) is 14.6 Å². The van der Waals surface area contributed by atoms with E-state index in [4.69, 9.17) is 15.2 Å². The molecule has 0 fully saturated rings. The lowest BCUT2D eigenvalue weighted by Crippen LogP contribution is -2.22. The molecule has 11 heteroatoms. The van der Waals surface area contributed by atoms with Gasteiger partial charge >= 0.3 is 11.9 Å². The average Bonchev–Trinajstić information content (AvgIpc) is 3.40. The number of nitrogens with two attached hydrogens (primary N) is 1. The van der Waals surface area contributed by atoms with Crippen LogP contribution in [0.15, 0.2) is 29.6 Å². The summed E-state index contributed by atoms with van der Waals surface area (Å²) >= 11 is 2.39. The molecule has 0 saturated heterocycles. The van der Waals surface area contributed by atoms with E-state index in [2.05, 4.69) is 10.3 Å². The number of nitrogens with one attached hydrogen (secondary N) is 1. The van der Waals surface area contributed by atoms with Crippen LogP contribution < -0.4 is 11.1 Å². The summed E-state index contributed by atoms with van der Waals surface area (Å²) in [6.07, 6.45) is 0. The van der Waals surface area contributed by atoms with E-state index in [-0.39, 0.29) is 27.6 Å². The van der Waals surface area contributed by atoms with Crippen LogP contribution in [-0.4, -0.2) is 42.0 Å². The summed E-state index contributed by atoms with van der Waals surface area (Å²) in [5, 5.41) is 4.52. The Balaban J connectivity index is 1.69. The van der Waals surface area contributed by atoms with Gasteiger partial charge in [0.2, 0.25) is 0 Å². The third-order valence-electron chi connectivity index (χ3n) is 4.52. The number of hydrogen-bond donors (Lipinski definition) is 2. The molecule has 3 aromatic rings. The van der Waals surface area contributed by atoms with Crippen LogP contribution in [0, 0.1) is 13.8 Å². The van der Waals surface area contributed by atoms with Crippen molar-refractivity contribution in [3.05, 3.63) is 56.9 Å². The van der Waals surface area contributed by atoms with E-state index in [1.165, 1.54) is 18.3 Å². The fourth-order valence-electron chi connectivity index (χ4n) is 3.00. The van der Waals surface area contributed by atoms with E-state index >= 15 is 0 Å². The zero-order chi connectivity index (χ0) is 24.1. The first-order valence-corrected chi connectivity index (χ1v) is 11.5. The van der Waals surface area contributed by atoms with Gasteiger partial charge in [-0.1, -0.05) is 6.07 Å². The number of primary amides is 1. The van der Waals surface area contributed by atoms with Crippen molar-refractivity contribution in [3.63, 3.8) is 0 Å². The maximum absolute atomic E-state index is 12.5. The van der Waals surface area contributed by atoms with Crippen molar-refractivity contribution in [1.29, 1.82) is 0 Å². The zero-order valence-corrected chi connectivity index (χ0v) is 19.7. The lowest BCUT2D eigenvalue weighted by atomic mass is 10.1. The quantitative estimate of drug-likeness (QED) is 0.463. The molecule has 0 spiro atoms. The van der Waals surface area contributed by atoms with Gasteiger partial charge in [-0.15, -0.1) is 22.7 Å². The van der Waals surface area contributed by atoms with Crippen molar-refractivity contribution in [2.75, 3.05) is 18.5 Å². The number of carbonyl (C=O) groups is 4. The van der Waals surface area contributed by atoms with Crippen LogP contribution in [0.2, 0.25) is 0 Å². The van der Waals surface area contributed by atoms with Gasteiger partial charge in [0.05, 0.1) is 38.9 Å². The highest BCUT2D eigenvalue weighted by Gasteiger charge is 2.26. The van der Waals surface area contributed by atoms with Crippen LogP contribution in [0.1, 0.15) is 48.6 Å². The van der Waals surface area contributed by atoms with Gasteiger partial charge in [0, 0.05) is 0 Å². The summed E-state index contributed by atoms with van der Waals surface area (Å²) in [5.74, 6) is -2.83.